The summed E-state index contributed by atoms with van der Waals surface area (Å²) in [7, 11) is 0. The van der Waals surface area contributed by atoms with Crippen molar-refractivity contribution in [3.05, 3.63) is 111 Å². The molecule has 45 heavy (non-hydrogen) atoms. The molecule has 0 unspecified atom stereocenters. The van der Waals surface area contributed by atoms with E-state index in [2.05, 4.69) is 5.32 Å². The van der Waals surface area contributed by atoms with Gasteiger partial charge in [-0.3, -0.25) is 10.1 Å². The number of nitro groups is 1. The van der Waals surface area contributed by atoms with Crippen LogP contribution >= 0.6 is 0 Å². The predicted octanol–water partition coefficient (Wildman–Crippen LogP) is 11.9. The molecular formula is C41H50N2O2. The van der Waals surface area contributed by atoms with Gasteiger partial charge in [0.15, 0.2) is 0 Å². The topological polar surface area (TPSA) is 55.2 Å². The van der Waals surface area contributed by atoms with Crippen molar-refractivity contribution in [3.8, 4) is 22.3 Å². The first-order valence-electron chi connectivity index (χ1n) is 19.6. The maximum absolute atomic E-state index is 12.3. The Kier molecular flexibility index (Phi) is 5.97. The van der Waals surface area contributed by atoms with Crippen molar-refractivity contribution in [1.82, 2.24) is 0 Å². The molecule has 1 aliphatic carbocycles. The van der Waals surface area contributed by atoms with Gasteiger partial charge in [0.25, 0.3) is 5.69 Å². The van der Waals surface area contributed by atoms with E-state index in [1.165, 1.54) is 18.2 Å². The maximum atomic E-state index is 12.3. The van der Waals surface area contributed by atoms with E-state index in [4.69, 9.17) is 0 Å². The number of fused-ring (bicyclic) bond motifs is 1. The second-order valence-electron chi connectivity index (χ2n) is 15.5. The first-order chi connectivity index (χ1) is 24.2. The van der Waals surface area contributed by atoms with Gasteiger partial charge in [0, 0.05) is 19.9 Å². The zero-order valence-electron chi connectivity index (χ0n) is 36.2. The molecule has 0 amide bonds. The van der Waals surface area contributed by atoms with Gasteiger partial charge in [-0.15, -0.1) is 0 Å². The first kappa shape index (κ1) is 23.4. The number of benzene rings is 4. The molecule has 4 heteroatoms. The number of nitrogens with one attached hydrogen (secondary N) is 1. The van der Waals surface area contributed by atoms with Gasteiger partial charge in [-0.1, -0.05) is 136 Å². The van der Waals surface area contributed by atoms with Crippen molar-refractivity contribution in [2.75, 3.05) is 5.32 Å². The summed E-state index contributed by atoms with van der Waals surface area (Å²) in [6.45, 7) is 18.7. The van der Waals surface area contributed by atoms with Gasteiger partial charge >= 0.3 is 0 Å². The Bertz CT molecular complexity index is 2160. The third-order valence-corrected chi connectivity index (χ3v) is 8.50. The average Bonchev–Trinajstić information content (AvgIpc) is 3.01. The van der Waals surface area contributed by atoms with Crippen LogP contribution in [0.3, 0.4) is 0 Å². The van der Waals surface area contributed by atoms with Crippen molar-refractivity contribution in [2.24, 2.45) is 5.41 Å². The molecule has 5 rings (SSSR count). The fourth-order valence-corrected chi connectivity index (χ4v) is 5.82. The molecule has 0 atom stereocenters. The van der Waals surface area contributed by atoms with Crippen LogP contribution in [0.25, 0.3) is 22.3 Å². The Hall–Kier alpha value is -3.92. The molecule has 0 fully saturated rings. The zero-order valence-corrected chi connectivity index (χ0v) is 28.2. The van der Waals surface area contributed by atoms with Crippen LogP contribution in [0.2, 0.25) is 0 Å². The lowest BCUT2D eigenvalue weighted by molar-refractivity contribution is -0.383. The van der Waals surface area contributed by atoms with Gasteiger partial charge in [-0.25, -0.2) is 0 Å². The summed E-state index contributed by atoms with van der Waals surface area (Å²) >= 11 is 0. The van der Waals surface area contributed by atoms with E-state index in [1.807, 2.05) is 48.5 Å². The molecule has 0 heterocycles. The van der Waals surface area contributed by atoms with Gasteiger partial charge in [0.05, 0.1) is 18.8 Å². The maximum Gasteiger partial charge on any atom is 0.292 e. The van der Waals surface area contributed by atoms with Crippen LogP contribution < -0.4 is 5.32 Å². The van der Waals surface area contributed by atoms with E-state index in [0.29, 0.717) is 11.1 Å². The molecule has 0 spiro atoms. The number of anilines is 2. The summed E-state index contributed by atoms with van der Waals surface area (Å²) in [6.07, 6.45) is -0.649. The largest absolute Gasteiger partial charge is 0.349 e. The average molecular weight is 611 g/mol. The lowest BCUT2D eigenvalue weighted by Crippen LogP contribution is -2.33. The van der Waals surface area contributed by atoms with Crippen molar-refractivity contribution >= 4 is 17.1 Å². The Labute approximate surface area is 281 Å². The third kappa shape index (κ3) is 6.85. The normalized spacial score (nSPS) is 18.6. The second kappa shape index (κ2) is 11.5. The molecule has 4 aromatic rings. The van der Waals surface area contributed by atoms with Crippen LogP contribution in [-0.2, 0) is 22.6 Å². The fourth-order valence-electron chi connectivity index (χ4n) is 5.82. The number of rotatable bonds is 6. The quantitative estimate of drug-likeness (QED) is 0.174. The number of para-hydroxylation sites is 3. The second-order valence-corrected chi connectivity index (χ2v) is 15.5. The Balaban J connectivity index is 2.02. The van der Waals surface area contributed by atoms with Gasteiger partial charge < -0.3 is 5.32 Å². The Morgan fingerprint density at radius 2 is 1.44 bits per heavy atom. The highest BCUT2D eigenvalue weighted by Crippen LogP contribution is 2.48. The zero-order chi connectivity index (χ0) is 40.0. The summed E-state index contributed by atoms with van der Waals surface area (Å²) in [5.41, 5.74) is -0.765. The summed E-state index contributed by atoms with van der Waals surface area (Å²) in [6, 6.07) is 10.2. The lowest BCUT2D eigenvalue weighted by atomic mass is 9.63. The van der Waals surface area contributed by atoms with Gasteiger partial charge in [-0.2, -0.15) is 0 Å². The van der Waals surface area contributed by atoms with Crippen LogP contribution in [0.15, 0.2) is 78.7 Å². The third-order valence-electron chi connectivity index (χ3n) is 8.50. The predicted molar refractivity (Wildman–Crippen MR) is 191 cm³/mol. The van der Waals surface area contributed by atoms with Crippen LogP contribution in [0.4, 0.5) is 17.1 Å². The highest BCUT2D eigenvalue weighted by Gasteiger charge is 2.37. The van der Waals surface area contributed by atoms with Crippen LogP contribution in [0, 0.1) is 15.5 Å². The number of hydrogen-bond acceptors (Lipinski definition) is 3. The molecule has 0 saturated heterocycles. The molecule has 236 valence electrons. The van der Waals surface area contributed by atoms with Crippen molar-refractivity contribution in [1.29, 1.82) is 0 Å². The van der Waals surface area contributed by atoms with Crippen molar-refractivity contribution < 1.29 is 15.9 Å². The van der Waals surface area contributed by atoms with E-state index < -0.39 is 33.0 Å². The Morgan fingerprint density at radius 1 is 0.822 bits per heavy atom. The number of nitrogens with zero attached hydrogens (tertiary/aromatic N) is 1. The minimum Gasteiger partial charge on any atom is -0.349 e. The summed E-state index contributed by atoms with van der Waals surface area (Å²) < 4.78 is 75.4. The molecule has 4 aromatic carbocycles. The highest BCUT2D eigenvalue weighted by molar-refractivity contribution is 5.94. The minimum absolute atomic E-state index is 0.00224. The van der Waals surface area contributed by atoms with Gasteiger partial charge in [-0.05, 0) is 80.3 Å². The highest BCUT2D eigenvalue weighted by atomic mass is 16.6. The van der Waals surface area contributed by atoms with Crippen molar-refractivity contribution in [2.45, 2.75) is 105 Å². The smallest absolute Gasteiger partial charge is 0.292 e. The molecule has 4 nitrogen and oxygen atoms in total. The molecular weight excluding hydrogens is 552 g/mol. The molecule has 1 N–H and O–H groups in total. The summed E-state index contributed by atoms with van der Waals surface area (Å²) in [5.74, 6) is 0. The molecule has 0 radical (unpaired) electrons. The van der Waals surface area contributed by atoms with E-state index in [-0.39, 0.29) is 86.7 Å². The SMILES string of the molecule is [2H]c1c([2H])c2c(c([2H])c1-c1cccc(-c3c([2H])c(C(C)(C)C)c([2H])c(C([2H])([2H])C(C)(C)C)c3[2H])c1Nc1ccccc1[N+](=O)[O-])C(C)(C)CCC2(C)C. The van der Waals surface area contributed by atoms with Crippen LogP contribution in [0.1, 0.15) is 115 Å². The molecule has 1 aliphatic rings. The minimum atomic E-state index is -2.19. The van der Waals surface area contributed by atoms with Crippen LogP contribution in [0.5, 0.6) is 0 Å². The number of nitro benzene ring substituents is 1. The van der Waals surface area contributed by atoms with E-state index >= 15 is 0 Å². The van der Waals surface area contributed by atoms with E-state index in [9.17, 15) is 21.1 Å². The summed E-state index contributed by atoms with van der Waals surface area (Å²) in [4.78, 5) is 11.7. The van der Waals surface area contributed by atoms with E-state index in [1.54, 1.807) is 45.0 Å². The first-order valence-corrected chi connectivity index (χ1v) is 15.6. The molecule has 0 aromatic heterocycles. The molecule has 0 saturated carbocycles. The van der Waals surface area contributed by atoms with Crippen molar-refractivity contribution in [3.63, 3.8) is 0 Å². The monoisotopic (exact) mass is 610 g/mol. The lowest BCUT2D eigenvalue weighted by Gasteiger charge is -2.42. The Morgan fingerprint density at radius 3 is 2.07 bits per heavy atom. The van der Waals surface area contributed by atoms with Gasteiger partial charge in [0.1, 0.15) is 5.69 Å². The number of hydrogen-bond donors (Lipinski definition) is 1. The molecule has 0 bridgehead atoms. The van der Waals surface area contributed by atoms with Crippen LogP contribution in [-0.4, -0.2) is 4.92 Å². The fraction of sp³-hybridized carbons (Fsp3) is 0.415. The van der Waals surface area contributed by atoms with Gasteiger partial charge in [0.2, 0.25) is 0 Å². The standard InChI is InChI=1S/C41H50N2O2/c1-38(2,3)26-27-22-29(24-30(23-27)39(4,5)6)32-15-13-14-31(37(32)42-35-16-11-12-17-36(35)43(44)45)28-18-19-33-34(25-28)41(9,10)21-20-40(33,7)8/h11-19,22-25,42H,20-21,26H2,1-10H3/i18D,19D,22D,23D,24D,25D,26D2. The molecule has 0 aliphatic heterocycles. The summed E-state index contributed by atoms with van der Waals surface area (Å²) in [5, 5.41) is 15.5. The van der Waals surface area contributed by atoms with E-state index in [0.717, 1.165) is 12.8 Å².